The van der Waals surface area contributed by atoms with E-state index in [-0.39, 0.29) is 40.5 Å². The lowest BCUT2D eigenvalue weighted by Gasteiger charge is -2.27. The molecule has 230 valence electrons. The largest absolute Gasteiger partial charge is 0.451 e. The van der Waals surface area contributed by atoms with Crippen molar-refractivity contribution in [3.8, 4) is 17.6 Å². The summed E-state index contributed by atoms with van der Waals surface area (Å²) in [7, 11) is 1.68. The van der Waals surface area contributed by atoms with Gasteiger partial charge in [-0.3, -0.25) is 14.5 Å². The molecule has 3 unspecified atom stereocenters. The topological polar surface area (TPSA) is 115 Å². The van der Waals surface area contributed by atoms with Gasteiger partial charge in [-0.15, -0.1) is 0 Å². The number of amides is 2. The normalized spacial score (nSPS) is 26.3. The van der Waals surface area contributed by atoms with Crippen molar-refractivity contribution in [3.05, 3.63) is 65.5 Å². The number of ether oxygens (including phenoxy) is 1. The second-order valence-corrected chi connectivity index (χ2v) is 13.0. The van der Waals surface area contributed by atoms with Crippen LogP contribution in [0.4, 0.5) is 10.2 Å². The van der Waals surface area contributed by atoms with Gasteiger partial charge in [0.15, 0.2) is 11.6 Å². The Balaban J connectivity index is 1.14. The molecule has 0 saturated carbocycles. The number of hydrogen-bond acceptors (Lipinski definition) is 8. The van der Waals surface area contributed by atoms with Crippen molar-refractivity contribution in [3.63, 3.8) is 0 Å². The molecule has 44 heavy (non-hydrogen) atoms. The molecule has 1 aromatic carbocycles. The first-order valence-electron chi connectivity index (χ1n) is 15.2. The molecule has 1 aliphatic carbocycles. The fraction of sp³-hybridized carbons (Fsp3) is 0.485. The number of likely N-dealkylation sites (tertiary alicyclic amines) is 1. The summed E-state index contributed by atoms with van der Waals surface area (Å²) in [5.41, 5.74) is 1.26. The fourth-order valence-electron chi connectivity index (χ4n) is 6.87. The van der Waals surface area contributed by atoms with Gasteiger partial charge in [0.1, 0.15) is 23.3 Å². The average Bonchev–Trinajstić information content (AvgIpc) is 3.68. The van der Waals surface area contributed by atoms with E-state index >= 15 is 0 Å². The Morgan fingerprint density at radius 2 is 2.07 bits per heavy atom. The number of halogens is 1. The van der Waals surface area contributed by atoms with E-state index in [4.69, 9.17) is 4.74 Å². The van der Waals surface area contributed by atoms with Gasteiger partial charge in [0.25, 0.3) is 5.91 Å². The Bertz CT molecular complexity index is 1600. The summed E-state index contributed by atoms with van der Waals surface area (Å²) in [5.74, 6) is 0.168. The van der Waals surface area contributed by atoms with Gasteiger partial charge < -0.3 is 19.9 Å². The third-order valence-corrected chi connectivity index (χ3v) is 9.80. The highest BCUT2D eigenvalue weighted by atomic mass is 19.1. The molecule has 2 aromatic rings. The number of nitrogens with one attached hydrogen (secondary N) is 1. The summed E-state index contributed by atoms with van der Waals surface area (Å²) in [5, 5.41) is 12.5. The maximum Gasteiger partial charge on any atom is 0.257 e. The molecule has 1 aromatic heterocycles. The highest BCUT2D eigenvalue weighted by Crippen LogP contribution is 2.45. The van der Waals surface area contributed by atoms with E-state index in [0.29, 0.717) is 18.0 Å². The molecule has 10 nitrogen and oxygen atoms in total. The molecule has 3 aliphatic heterocycles. The Hall–Kier alpha value is -4.30. The van der Waals surface area contributed by atoms with Gasteiger partial charge in [0, 0.05) is 56.3 Å². The molecule has 11 heteroatoms. The number of anilines is 1. The van der Waals surface area contributed by atoms with Crippen molar-refractivity contribution in [2.24, 2.45) is 16.7 Å². The van der Waals surface area contributed by atoms with E-state index in [1.165, 1.54) is 30.1 Å². The molecular formula is C33H38FN7O3. The minimum absolute atomic E-state index is 0.0630. The lowest BCUT2D eigenvalue weighted by atomic mass is 9.75. The summed E-state index contributed by atoms with van der Waals surface area (Å²) in [6.45, 7) is 9.83. The number of nitriles is 1. The molecule has 4 aliphatic rings. The first kappa shape index (κ1) is 29.8. The van der Waals surface area contributed by atoms with E-state index < -0.39 is 11.2 Å². The van der Waals surface area contributed by atoms with Gasteiger partial charge in [-0.1, -0.05) is 6.08 Å². The van der Waals surface area contributed by atoms with Crippen LogP contribution in [0.1, 0.15) is 50.4 Å². The van der Waals surface area contributed by atoms with E-state index in [1.54, 1.807) is 25.1 Å². The quantitative estimate of drug-likeness (QED) is 0.502. The van der Waals surface area contributed by atoms with Gasteiger partial charge in [-0.2, -0.15) is 5.26 Å². The van der Waals surface area contributed by atoms with Gasteiger partial charge >= 0.3 is 0 Å². The first-order valence-corrected chi connectivity index (χ1v) is 15.2. The molecular weight excluding hydrogens is 561 g/mol. The zero-order valence-corrected chi connectivity index (χ0v) is 25.6. The zero-order valence-electron chi connectivity index (χ0n) is 25.6. The highest BCUT2D eigenvalue weighted by molar-refractivity contribution is 5.97. The Labute approximate surface area is 257 Å². The molecule has 3 atom stereocenters. The monoisotopic (exact) mass is 599 g/mol. The number of carbonyl (C=O) groups excluding carboxylic acids is 2. The fourth-order valence-corrected chi connectivity index (χ4v) is 6.87. The number of allylic oxidation sites excluding steroid dienone is 2. The van der Waals surface area contributed by atoms with Crippen molar-refractivity contribution < 1.29 is 18.7 Å². The van der Waals surface area contributed by atoms with E-state index in [2.05, 4.69) is 43.3 Å². The van der Waals surface area contributed by atoms with Crippen LogP contribution in [0.5, 0.6) is 11.5 Å². The molecule has 1 spiro atoms. The Morgan fingerprint density at radius 3 is 2.84 bits per heavy atom. The summed E-state index contributed by atoms with van der Waals surface area (Å²) < 4.78 is 20.4. The van der Waals surface area contributed by atoms with Crippen LogP contribution in [0.25, 0.3) is 0 Å². The maximum absolute atomic E-state index is 14.2. The highest BCUT2D eigenvalue weighted by Gasteiger charge is 2.50. The van der Waals surface area contributed by atoms with Crippen molar-refractivity contribution in [1.82, 2.24) is 25.1 Å². The van der Waals surface area contributed by atoms with E-state index in [0.717, 1.165) is 51.3 Å². The number of aromatic nitrogens is 2. The van der Waals surface area contributed by atoms with E-state index in [9.17, 15) is 19.2 Å². The average molecular weight is 600 g/mol. The molecule has 3 fully saturated rings. The lowest BCUT2D eigenvalue weighted by Crippen LogP contribution is -2.33. The first-order chi connectivity index (χ1) is 21.0. The van der Waals surface area contributed by atoms with Crippen LogP contribution in [-0.2, 0) is 4.79 Å². The van der Waals surface area contributed by atoms with Crippen LogP contribution >= 0.6 is 0 Å². The second-order valence-electron chi connectivity index (χ2n) is 13.0. The summed E-state index contributed by atoms with van der Waals surface area (Å²) in [6.07, 6.45) is 10.1. The zero-order chi connectivity index (χ0) is 31.2. The van der Waals surface area contributed by atoms with Crippen LogP contribution in [0.2, 0.25) is 0 Å². The summed E-state index contributed by atoms with van der Waals surface area (Å²) >= 11 is 0. The van der Waals surface area contributed by atoms with Gasteiger partial charge in [-0.05, 0) is 76.4 Å². The SMILES string of the molecule is CC(C)N(C)C(=O)c1cc(F)ccc1Oc1cncnc1N1CCC2(CCN(CC3=CCC4C(=C3)NC(=O)C4(C)C#N)C2)C1. The molecule has 3 saturated heterocycles. The number of rotatable bonds is 7. The van der Waals surface area contributed by atoms with Crippen molar-refractivity contribution >= 4 is 17.6 Å². The second kappa shape index (κ2) is 11.3. The minimum Gasteiger partial charge on any atom is -0.451 e. The molecule has 2 amide bonds. The third-order valence-electron chi connectivity index (χ3n) is 9.80. The molecule has 1 N–H and O–H groups in total. The predicted molar refractivity (Wildman–Crippen MR) is 162 cm³/mol. The smallest absolute Gasteiger partial charge is 0.257 e. The van der Waals surface area contributed by atoms with Crippen LogP contribution in [-0.4, -0.2) is 77.4 Å². The van der Waals surface area contributed by atoms with Crippen LogP contribution in [0.15, 0.2) is 54.1 Å². The van der Waals surface area contributed by atoms with Crippen molar-refractivity contribution in [2.45, 2.75) is 46.1 Å². The number of hydrogen-bond donors (Lipinski definition) is 1. The van der Waals surface area contributed by atoms with Gasteiger partial charge in [-0.25, -0.2) is 14.4 Å². The lowest BCUT2D eigenvalue weighted by molar-refractivity contribution is -0.125. The Morgan fingerprint density at radius 1 is 1.27 bits per heavy atom. The Kier molecular flexibility index (Phi) is 7.66. The summed E-state index contributed by atoms with van der Waals surface area (Å²) in [6, 6.07) is 6.12. The predicted octanol–water partition coefficient (Wildman–Crippen LogP) is 4.28. The van der Waals surface area contributed by atoms with Gasteiger partial charge in [0.2, 0.25) is 5.91 Å². The van der Waals surface area contributed by atoms with Gasteiger partial charge in [0.05, 0.1) is 17.8 Å². The molecule has 0 bridgehead atoms. The van der Waals surface area contributed by atoms with Crippen molar-refractivity contribution in [2.75, 3.05) is 44.7 Å². The molecule has 4 heterocycles. The number of fused-ring (bicyclic) bond motifs is 1. The number of nitrogens with zero attached hydrogens (tertiary/aromatic N) is 6. The molecule has 0 radical (unpaired) electrons. The maximum atomic E-state index is 14.2. The minimum atomic E-state index is -1.01. The van der Waals surface area contributed by atoms with Crippen molar-refractivity contribution in [1.29, 1.82) is 5.26 Å². The van der Waals surface area contributed by atoms with E-state index in [1.807, 2.05) is 13.8 Å². The van der Waals surface area contributed by atoms with Crippen LogP contribution < -0.4 is 15.0 Å². The number of carbonyl (C=O) groups is 2. The molecule has 6 rings (SSSR count). The third kappa shape index (κ3) is 5.32. The number of benzene rings is 1. The standard InChI is InChI=1S/C33H38FN7O3/c1-21(2)39(4)30(42)24-14-23(34)6-8-27(24)44-28-15-36-20-37-29(28)41-12-10-33(19-41)9-11-40(18-33)16-22-5-7-25-26(13-22)38-31(43)32(25,3)17-35/h5-6,8,13-15,20-21,25H,7,9-12,16,18-19H2,1-4H3,(H,38,43). The van der Waals surface area contributed by atoms with Crippen LogP contribution in [0, 0.1) is 33.9 Å². The van der Waals surface area contributed by atoms with Crippen LogP contribution in [0.3, 0.4) is 0 Å². The summed E-state index contributed by atoms with van der Waals surface area (Å²) in [4.78, 5) is 40.6.